The van der Waals surface area contributed by atoms with Gasteiger partial charge in [-0.1, -0.05) is 35.9 Å². The van der Waals surface area contributed by atoms with Gasteiger partial charge in [0.1, 0.15) is 17.7 Å². The number of aromatic nitrogens is 1. The zero-order chi connectivity index (χ0) is 26.3. The zero-order valence-corrected chi connectivity index (χ0v) is 20.9. The number of rotatable bonds is 8. The topological polar surface area (TPSA) is 91.4 Å². The van der Waals surface area contributed by atoms with E-state index in [1.54, 1.807) is 36.5 Å². The van der Waals surface area contributed by atoms with E-state index < -0.39 is 23.3 Å². The fourth-order valence-corrected chi connectivity index (χ4v) is 3.63. The molecule has 36 heavy (non-hydrogen) atoms. The molecule has 1 heterocycles. The average Bonchev–Trinajstić information content (AvgIpc) is 2.82. The molecule has 0 saturated carbocycles. The average molecular weight is 491 g/mol. The van der Waals surface area contributed by atoms with E-state index in [-0.39, 0.29) is 24.7 Å². The second-order valence-electron chi connectivity index (χ2n) is 9.56. The Kier molecular flexibility index (Phi) is 8.53. The molecule has 0 saturated heterocycles. The Morgan fingerprint density at radius 2 is 1.61 bits per heavy atom. The number of benzene rings is 2. The minimum atomic E-state index is -1.03. The molecule has 2 N–H and O–H groups in total. The smallest absolute Gasteiger partial charge is 0.248 e. The number of hydrogen-bond acceptors (Lipinski definition) is 4. The second-order valence-corrected chi connectivity index (χ2v) is 9.56. The second kappa shape index (κ2) is 11.6. The van der Waals surface area contributed by atoms with Crippen LogP contribution in [0.25, 0.3) is 0 Å². The number of anilines is 2. The molecule has 0 aliphatic heterocycles. The molecule has 3 amide bonds. The summed E-state index contributed by atoms with van der Waals surface area (Å²) in [5.74, 6) is -1.30. The molecule has 3 aromatic rings. The molecule has 2 aromatic carbocycles. The van der Waals surface area contributed by atoms with E-state index in [1.807, 2.05) is 39.8 Å². The third-order valence-electron chi connectivity index (χ3n) is 5.27. The van der Waals surface area contributed by atoms with Crippen LogP contribution in [0.5, 0.6) is 0 Å². The lowest BCUT2D eigenvalue weighted by molar-refractivity contribution is -0.128. The molecule has 0 aliphatic carbocycles. The molecule has 1 aromatic heterocycles. The Balaban J connectivity index is 1.94. The summed E-state index contributed by atoms with van der Waals surface area (Å²) in [4.78, 5) is 45.0. The highest BCUT2D eigenvalue weighted by Gasteiger charge is 2.34. The molecule has 0 spiro atoms. The quantitative estimate of drug-likeness (QED) is 0.468. The normalized spacial score (nSPS) is 11.9. The lowest BCUT2D eigenvalue weighted by Gasteiger charge is -2.34. The van der Waals surface area contributed by atoms with E-state index in [0.29, 0.717) is 17.1 Å². The van der Waals surface area contributed by atoms with Crippen molar-refractivity contribution < 1.29 is 18.8 Å². The molecular weight excluding hydrogens is 459 g/mol. The molecular formula is C28H31FN4O3. The van der Waals surface area contributed by atoms with Gasteiger partial charge >= 0.3 is 0 Å². The molecule has 3 rings (SSSR count). The van der Waals surface area contributed by atoms with Gasteiger partial charge in [0.25, 0.3) is 0 Å². The van der Waals surface area contributed by atoms with Gasteiger partial charge in [0.2, 0.25) is 17.7 Å². The first-order valence-electron chi connectivity index (χ1n) is 11.7. The minimum absolute atomic E-state index is 0.116. The Hall–Kier alpha value is -4.07. The first-order valence-corrected chi connectivity index (χ1v) is 11.7. The predicted molar refractivity (Wildman–Crippen MR) is 138 cm³/mol. The minimum Gasteiger partial charge on any atom is -0.349 e. The highest BCUT2D eigenvalue weighted by molar-refractivity contribution is 6.03. The molecule has 0 radical (unpaired) electrons. The van der Waals surface area contributed by atoms with E-state index in [4.69, 9.17) is 0 Å². The number of halogens is 1. The van der Waals surface area contributed by atoms with Gasteiger partial charge in [-0.3, -0.25) is 19.3 Å². The highest BCUT2D eigenvalue weighted by atomic mass is 19.1. The third kappa shape index (κ3) is 7.46. The number of amides is 3. The molecule has 0 aliphatic rings. The van der Waals surface area contributed by atoms with Crippen LogP contribution in [-0.2, 0) is 14.4 Å². The summed E-state index contributed by atoms with van der Waals surface area (Å²) in [6.07, 6.45) is 1.27. The van der Waals surface area contributed by atoms with Gasteiger partial charge in [-0.25, -0.2) is 9.37 Å². The van der Waals surface area contributed by atoms with Crippen LogP contribution in [0.4, 0.5) is 15.9 Å². The summed E-state index contributed by atoms with van der Waals surface area (Å²) < 4.78 is 13.7. The van der Waals surface area contributed by atoms with Crippen LogP contribution >= 0.6 is 0 Å². The number of carbonyl (C=O) groups is 3. The monoisotopic (exact) mass is 490 g/mol. The van der Waals surface area contributed by atoms with Crippen LogP contribution in [0.1, 0.15) is 50.8 Å². The largest absolute Gasteiger partial charge is 0.349 e. The highest BCUT2D eigenvalue weighted by Crippen LogP contribution is 2.30. The van der Waals surface area contributed by atoms with Crippen LogP contribution < -0.4 is 15.5 Å². The molecule has 0 bridgehead atoms. The number of carbonyl (C=O) groups excluding carboxylic acids is 3. The molecule has 8 heteroatoms. The van der Waals surface area contributed by atoms with E-state index >= 15 is 0 Å². The lowest BCUT2D eigenvalue weighted by atomic mass is 9.99. The predicted octanol–water partition coefficient (Wildman–Crippen LogP) is 4.94. The molecule has 7 nitrogen and oxygen atoms in total. The van der Waals surface area contributed by atoms with Gasteiger partial charge in [0.15, 0.2) is 0 Å². The van der Waals surface area contributed by atoms with E-state index in [1.165, 1.54) is 29.2 Å². The van der Waals surface area contributed by atoms with Crippen molar-refractivity contribution in [3.05, 3.63) is 89.9 Å². The first-order chi connectivity index (χ1) is 17.0. The van der Waals surface area contributed by atoms with Crippen molar-refractivity contribution in [3.8, 4) is 0 Å². The number of nitrogens with one attached hydrogen (secondary N) is 2. The summed E-state index contributed by atoms with van der Waals surface area (Å²) in [6, 6.07) is 16.8. The summed E-state index contributed by atoms with van der Waals surface area (Å²) in [5, 5.41) is 5.61. The van der Waals surface area contributed by atoms with Gasteiger partial charge in [-0.2, -0.15) is 0 Å². The first kappa shape index (κ1) is 26.5. The van der Waals surface area contributed by atoms with E-state index in [2.05, 4.69) is 15.6 Å². The molecule has 0 unspecified atom stereocenters. The maximum atomic E-state index is 13.7. The summed E-state index contributed by atoms with van der Waals surface area (Å²) in [6.45, 7) is 7.48. The van der Waals surface area contributed by atoms with Gasteiger partial charge < -0.3 is 10.6 Å². The van der Waals surface area contributed by atoms with Crippen LogP contribution in [0.2, 0.25) is 0 Å². The van der Waals surface area contributed by atoms with E-state index in [0.717, 1.165) is 5.56 Å². The van der Waals surface area contributed by atoms with Crippen molar-refractivity contribution >= 4 is 29.2 Å². The van der Waals surface area contributed by atoms with Crippen molar-refractivity contribution in [2.24, 2.45) is 0 Å². The van der Waals surface area contributed by atoms with E-state index in [9.17, 15) is 18.8 Å². The van der Waals surface area contributed by atoms with Gasteiger partial charge in [0.05, 0.1) is 0 Å². The summed E-state index contributed by atoms with van der Waals surface area (Å²) >= 11 is 0. The fourth-order valence-electron chi connectivity index (χ4n) is 3.63. The van der Waals surface area contributed by atoms with Crippen molar-refractivity contribution in [2.45, 2.75) is 52.1 Å². The van der Waals surface area contributed by atoms with Crippen LogP contribution in [0.15, 0.2) is 72.9 Å². The number of pyridine rings is 1. The van der Waals surface area contributed by atoms with Gasteiger partial charge in [-0.05, 0) is 69.7 Å². The Labute approximate surface area is 210 Å². The number of nitrogens with zero attached hydrogens (tertiary/aromatic N) is 2. The standard InChI is InChI=1S/C28H31FN4O3/c1-19-8-10-20(11-9-19)26(27(36)32-28(2,3)4)33(22-14-12-21(29)13-15-22)25(35)17-16-24(34)31-23-7-5-6-18-30-23/h5-15,18,26H,16-17H2,1-4H3,(H,32,36)(H,30,31,34)/t26-/m1/s1. The lowest BCUT2D eigenvalue weighted by Crippen LogP contribution is -2.49. The van der Waals surface area contributed by atoms with Gasteiger partial charge in [0, 0.05) is 30.3 Å². The summed E-state index contributed by atoms with van der Waals surface area (Å²) in [7, 11) is 0. The number of aryl methyl sites for hydroxylation is 1. The Morgan fingerprint density at radius 3 is 2.19 bits per heavy atom. The fraction of sp³-hybridized carbons (Fsp3) is 0.286. The Bertz CT molecular complexity index is 1190. The van der Waals surface area contributed by atoms with Crippen molar-refractivity contribution in [1.82, 2.24) is 10.3 Å². The molecule has 1 atom stereocenters. The zero-order valence-electron chi connectivity index (χ0n) is 20.9. The van der Waals surface area contributed by atoms with Crippen LogP contribution in [0.3, 0.4) is 0 Å². The molecule has 188 valence electrons. The van der Waals surface area contributed by atoms with Crippen molar-refractivity contribution in [1.29, 1.82) is 0 Å². The molecule has 0 fully saturated rings. The third-order valence-corrected chi connectivity index (χ3v) is 5.27. The van der Waals surface area contributed by atoms with Crippen LogP contribution in [-0.4, -0.2) is 28.2 Å². The van der Waals surface area contributed by atoms with Crippen molar-refractivity contribution in [3.63, 3.8) is 0 Å². The van der Waals surface area contributed by atoms with Crippen molar-refractivity contribution in [2.75, 3.05) is 10.2 Å². The van der Waals surface area contributed by atoms with Gasteiger partial charge in [-0.15, -0.1) is 0 Å². The summed E-state index contributed by atoms with van der Waals surface area (Å²) in [5.41, 5.74) is 1.39. The number of hydrogen-bond donors (Lipinski definition) is 2. The maximum Gasteiger partial charge on any atom is 0.248 e. The van der Waals surface area contributed by atoms with Crippen LogP contribution in [0, 0.1) is 12.7 Å². The SMILES string of the molecule is Cc1ccc([C@H](C(=O)NC(C)(C)C)N(C(=O)CCC(=O)Nc2ccccn2)c2ccc(F)cc2)cc1. The maximum absolute atomic E-state index is 13.7. The Morgan fingerprint density at radius 1 is 0.944 bits per heavy atom.